The minimum Gasteiger partial charge on any atom is -0.372 e. The standard InChI is InChI=1S/C12H20N4/c1-9-5-4-6-10(2)11(9)16(3)8-7-15-12(13)14/h4-6H,7-8H2,1-3H3,(H4,13,14,15). The summed E-state index contributed by atoms with van der Waals surface area (Å²) in [5, 5.41) is 0. The van der Waals surface area contributed by atoms with E-state index in [-0.39, 0.29) is 5.96 Å². The quantitative estimate of drug-likeness (QED) is 0.588. The van der Waals surface area contributed by atoms with Gasteiger partial charge in [-0.25, -0.2) is 0 Å². The molecule has 4 N–H and O–H groups in total. The van der Waals surface area contributed by atoms with Crippen LogP contribution in [0.5, 0.6) is 0 Å². The van der Waals surface area contributed by atoms with Crippen LogP contribution in [-0.4, -0.2) is 26.1 Å². The number of likely N-dealkylation sites (N-methyl/N-ethyl adjacent to an activating group) is 1. The van der Waals surface area contributed by atoms with Gasteiger partial charge in [0.1, 0.15) is 0 Å². The zero-order valence-corrected chi connectivity index (χ0v) is 10.2. The molecule has 0 atom stereocenters. The molecule has 4 nitrogen and oxygen atoms in total. The van der Waals surface area contributed by atoms with Crippen LogP contribution in [0.3, 0.4) is 0 Å². The van der Waals surface area contributed by atoms with Gasteiger partial charge in [0.15, 0.2) is 5.96 Å². The van der Waals surface area contributed by atoms with E-state index >= 15 is 0 Å². The highest BCUT2D eigenvalue weighted by Crippen LogP contribution is 2.22. The number of aryl methyl sites for hydroxylation is 2. The number of anilines is 1. The summed E-state index contributed by atoms with van der Waals surface area (Å²) >= 11 is 0. The predicted molar refractivity (Wildman–Crippen MR) is 69.9 cm³/mol. The summed E-state index contributed by atoms with van der Waals surface area (Å²) < 4.78 is 0. The third kappa shape index (κ3) is 3.15. The summed E-state index contributed by atoms with van der Waals surface area (Å²) in [6.07, 6.45) is 0. The number of para-hydroxylation sites is 1. The second-order valence-corrected chi connectivity index (χ2v) is 3.97. The normalized spacial score (nSPS) is 9.94. The monoisotopic (exact) mass is 220 g/mol. The van der Waals surface area contributed by atoms with Crippen LogP contribution in [0.15, 0.2) is 23.2 Å². The molecule has 88 valence electrons. The Morgan fingerprint density at radius 3 is 2.31 bits per heavy atom. The predicted octanol–water partition coefficient (Wildman–Crippen LogP) is 1.01. The third-order valence-electron chi connectivity index (χ3n) is 2.55. The third-order valence-corrected chi connectivity index (χ3v) is 2.55. The van der Waals surface area contributed by atoms with Crippen molar-refractivity contribution in [2.24, 2.45) is 16.5 Å². The summed E-state index contributed by atoms with van der Waals surface area (Å²) in [4.78, 5) is 6.16. The number of benzene rings is 1. The first-order valence-electron chi connectivity index (χ1n) is 5.35. The Labute approximate surface area is 97.0 Å². The van der Waals surface area contributed by atoms with Crippen LogP contribution in [0.1, 0.15) is 11.1 Å². The number of nitrogens with zero attached hydrogens (tertiary/aromatic N) is 2. The highest BCUT2D eigenvalue weighted by atomic mass is 15.1. The maximum absolute atomic E-state index is 5.29. The maximum atomic E-state index is 5.29. The summed E-state index contributed by atoms with van der Waals surface area (Å²) in [7, 11) is 2.05. The molecule has 0 aromatic heterocycles. The van der Waals surface area contributed by atoms with Gasteiger partial charge in [0.05, 0.1) is 6.54 Å². The van der Waals surface area contributed by atoms with Crippen LogP contribution in [0.4, 0.5) is 5.69 Å². The number of hydrogen-bond donors (Lipinski definition) is 2. The van der Waals surface area contributed by atoms with Gasteiger partial charge >= 0.3 is 0 Å². The lowest BCUT2D eigenvalue weighted by atomic mass is 10.1. The van der Waals surface area contributed by atoms with E-state index in [0.717, 1.165) is 6.54 Å². The van der Waals surface area contributed by atoms with Gasteiger partial charge in [0, 0.05) is 19.3 Å². The molecule has 16 heavy (non-hydrogen) atoms. The topological polar surface area (TPSA) is 67.6 Å². The van der Waals surface area contributed by atoms with Gasteiger partial charge in [-0.05, 0) is 25.0 Å². The first-order chi connectivity index (χ1) is 7.52. The minimum absolute atomic E-state index is 0.148. The molecule has 0 radical (unpaired) electrons. The molecule has 0 bridgehead atoms. The molecule has 0 heterocycles. The van der Waals surface area contributed by atoms with E-state index < -0.39 is 0 Å². The van der Waals surface area contributed by atoms with Crippen LogP contribution in [0, 0.1) is 13.8 Å². The zero-order valence-electron chi connectivity index (χ0n) is 10.2. The summed E-state index contributed by atoms with van der Waals surface area (Å²) in [6, 6.07) is 6.29. The lowest BCUT2D eigenvalue weighted by Crippen LogP contribution is -2.27. The fraction of sp³-hybridized carbons (Fsp3) is 0.417. The lowest BCUT2D eigenvalue weighted by Gasteiger charge is -2.22. The molecular formula is C12H20N4. The molecule has 0 aliphatic heterocycles. The van der Waals surface area contributed by atoms with Crippen molar-refractivity contribution >= 4 is 11.6 Å². The molecule has 1 rings (SSSR count). The Hall–Kier alpha value is -1.71. The van der Waals surface area contributed by atoms with Crippen LogP contribution < -0.4 is 16.4 Å². The van der Waals surface area contributed by atoms with Gasteiger partial charge in [0.2, 0.25) is 0 Å². The molecular weight excluding hydrogens is 200 g/mol. The molecule has 0 fully saturated rings. The Kier molecular flexibility index (Phi) is 4.17. The van der Waals surface area contributed by atoms with Crippen LogP contribution in [-0.2, 0) is 0 Å². The van der Waals surface area contributed by atoms with E-state index in [1.165, 1.54) is 16.8 Å². The molecule has 0 aliphatic rings. The summed E-state index contributed by atoms with van der Waals surface area (Å²) in [5.74, 6) is 0.148. The highest BCUT2D eigenvalue weighted by Gasteiger charge is 2.06. The number of guanidine groups is 1. The molecule has 0 aliphatic carbocycles. The van der Waals surface area contributed by atoms with Gasteiger partial charge in [-0.1, -0.05) is 18.2 Å². The van der Waals surface area contributed by atoms with E-state index in [9.17, 15) is 0 Å². The van der Waals surface area contributed by atoms with Crippen molar-refractivity contribution in [2.45, 2.75) is 13.8 Å². The summed E-state index contributed by atoms with van der Waals surface area (Å²) in [5.41, 5.74) is 14.4. The van der Waals surface area contributed by atoms with E-state index in [1.807, 2.05) is 0 Å². The Bertz CT molecular complexity index is 360. The molecule has 0 saturated carbocycles. The van der Waals surface area contributed by atoms with Crippen molar-refractivity contribution in [3.63, 3.8) is 0 Å². The van der Waals surface area contributed by atoms with Gasteiger partial charge in [-0.3, -0.25) is 4.99 Å². The Morgan fingerprint density at radius 1 is 1.25 bits per heavy atom. The first-order valence-corrected chi connectivity index (χ1v) is 5.35. The highest BCUT2D eigenvalue weighted by molar-refractivity contribution is 5.75. The van der Waals surface area contributed by atoms with Crippen molar-refractivity contribution in [2.75, 3.05) is 25.0 Å². The van der Waals surface area contributed by atoms with Crippen molar-refractivity contribution in [1.29, 1.82) is 0 Å². The van der Waals surface area contributed by atoms with Gasteiger partial charge < -0.3 is 16.4 Å². The fourth-order valence-electron chi connectivity index (χ4n) is 1.85. The first kappa shape index (κ1) is 12.4. The largest absolute Gasteiger partial charge is 0.372 e. The number of rotatable bonds is 4. The maximum Gasteiger partial charge on any atom is 0.185 e. The van der Waals surface area contributed by atoms with Crippen molar-refractivity contribution < 1.29 is 0 Å². The number of aliphatic imine (C=N–C) groups is 1. The second kappa shape index (κ2) is 5.39. The SMILES string of the molecule is Cc1cccc(C)c1N(C)CCN=C(N)N. The van der Waals surface area contributed by atoms with E-state index in [4.69, 9.17) is 11.5 Å². The number of nitrogens with two attached hydrogens (primary N) is 2. The smallest absolute Gasteiger partial charge is 0.185 e. The van der Waals surface area contributed by atoms with E-state index in [2.05, 4.69) is 49.0 Å². The van der Waals surface area contributed by atoms with Crippen LogP contribution >= 0.6 is 0 Å². The van der Waals surface area contributed by atoms with Crippen LogP contribution in [0.2, 0.25) is 0 Å². The van der Waals surface area contributed by atoms with E-state index in [1.54, 1.807) is 0 Å². The molecule has 1 aromatic rings. The lowest BCUT2D eigenvalue weighted by molar-refractivity contribution is 0.876. The summed E-state index contributed by atoms with van der Waals surface area (Å²) in [6.45, 7) is 5.65. The Morgan fingerprint density at radius 2 is 1.81 bits per heavy atom. The van der Waals surface area contributed by atoms with Gasteiger partial charge in [0.25, 0.3) is 0 Å². The second-order valence-electron chi connectivity index (χ2n) is 3.97. The average Bonchev–Trinajstić information content (AvgIpc) is 2.16. The molecule has 0 spiro atoms. The Balaban J connectivity index is 2.73. The van der Waals surface area contributed by atoms with Gasteiger partial charge in [-0.2, -0.15) is 0 Å². The van der Waals surface area contributed by atoms with Gasteiger partial charge in [-0.15, -0.1) is 0 Å². The molecule has 4 heteroatoms. The van der Waals surface area contributed by atoms with E-state index in [0.29, 0.717) is 6.54 Å². The average molecular weight is 220 g/mol. The van der Waals surface area contributed by atoms with Crippen molar-refractivity contribution in [1.82, 2.24) is 0 Å². The van der Waals surface area contributed by atoms with Crippen molar-refractivity contribution in [3.8, 4) is 0 Å². The zero-order chi connectivity index (χ0) is 12.1. The molecule has 0 saturated heterocycles. The fourth-order valence-corrected chi connectivity index (χ4v) is 1.85. The van der Waals surface area contributed by atoms with Crippen molar-refractivity contribution in [3.05, 3.63) is 29.3 Å². The molecule has 0 amide bonds. The number of hydrogen-bond acceptors (Lipinski definition) is 2. The molecule has 0 unspecified atom stereocenters. The molecule has 1 aromatic carbocycles. The van der Waals surface area contributed by atoms with Crippen LogP contribution in [0.25, 0.3) is 0 Å². The minimum atomic E-state index is 0.148.